The lowest BCUT2D eigenvalue weighted by Crippen LogP contribution is -2.21. The average Bonchev–Trinajstić information content (AvgIpc) is 3.23. The number of anilines is 2. The van der Waals surface area contributed by atoms with Crippen LogP contribution in [0, 0.1) is 6.92 Å². The third-order valence-corrected chi connectivity index (χ3v) is 5.02. The number of nitrogens with one attached hydrogen (secondary N) is 1. The van der Waals surface area contributed by atoms with Gasteiger partial charge in [0.15, 0.2) is 11.5 Å². The molecule has 4 rings (SSSR count). The Labute approximate surface area is 143 Å². The van der Waals surface area contributed by atoms with Crippen LogP contribution in [0.4, 0.5) is 11.5 Å². The third-order valence-electron chi connectivity index (χ3n) is 4.07. The van der Waals surface area contributed by atoms with Gasteiger partial charge in [-0.25, -0.2) is 4.98 Å². The van der Waals surface area contributed by atoms with Crippen molar-refractivity contribution in [2.75, 3.05) is 23.3 Å². The quantitative estimate of drug-likeness (QED) is 0.793. The summed E-state index contributed by atoms with van der Waals surface area (Å²) < 4.78 is 1.11. The van der Waals surface area contributed by atoms with E-state index in [0.29, 0.717) is 11.4 Å². The van der Waals surface area contributed by atoms with Gasteiger partial charge in [0.2, 0.25) is 0 Å². The van der Waals surface area contributed by atoms with Gasteiger partial charge in [0.25, 0.3) is 5.91 Å². The molecule has 0 bridgehead atoms. The highest BCUT2D eigenvalue weighted by Crippen LogP contribution is 2.24. The molecule has 2 aromatic heterocycles. The zero-order chi connectivity index (χ0) is 16.5. The van der Waals surface area contributed by atoms with Crippen molar-refractivity contribution < 1.29 is 4.79 Å². The summed E-state index contributed by atoms with van der Waals surface area (Å²) in [5.74, 6) is 0.574. The van der Waals surface area contributed by atoms with Crippen molar-refractivity contribution >= 4 is 39.0 Å². The molecule has 1 saturated heterocycles. The molecule has 6 nitrogen and oxygen atoms in total. The molecule has 24 heavy (non-hydrogen) atoms. The van der Waals surface area contributed by atoms with Crippen molar-refractivity contribution in [2.24, 2.45) is 0 Å². The van der Waals surface area contributed by atoms with E-state index in [2.05, 4.69) is 25.4 Å². The van der Waals surface area contributed by atoms with Crippen LogP contribution in [0.15, 0.2) is 30.3 Å². The van der Waals surface area contributed by atoms with E-state index in [1.807, 2.05) is 31.2 Å². The summed E-state index contributed by atoms with van der Waals surface area (Å²) in [5, 5.41) is 12.1. The first-order valence-corrected chi connectivity index (χ1v) is 8.78. The molecule has 1 aliphatic heterocycles. The summed E-state index contributed by atoms with van der Waals surface area (Å²) in [5.41, 5.74) is 1.92. The SMILES string of the molecule is Cc1nc2cc(NC(=O)c3ccc(N4CCCC4)nn3)ccc2s1. The highest BCUT2D eigenvalue weighted by Gasteiger charge is 2.15. The molecule has 3 aromatic rings. The lowest BCUT2D eigenvalue weighted by Gasteiger charge is -2.15. The van der Waals surface area contributed by atoms with Crippen LogP contribution in [0.25, 0.3) is 10.2 Å². The van der Waals surface area contributed by atoms with Gasteiger partial charge in [-0.2, -0.15) is 0 Å². The molecule has 0 spiro atoms. The average molecular weight is 339 g/mol. The Morgan fingerprint density at radius 2 is 2.00 bits per heavy atom. The Morgan fingerprint density at radius 1 is 1.17 bits per heavy atom. The number of aromatic nitrogens is 3. The standard InChI is InChI=1S/C17H17N5OS/c1-11-18-14-10-12(4-6-15(14)24-11)19-17(23)13-5-7-16(21-20-13)22-8-2-3-9-22/h4-7,10H,2-3,8-9H2,1H3,(H,19,23). The molecule has 1 N–H and O–H groups in total. The number of thiazole rings is 1. The van der Waals surface area contributed by atoms with E-state index < -0.39 is 0 Å². The predicted molar refractivity (Wildman–Crippen MR) is 95.8 cm³/mol. The van der Waals surface area contributed by atoms with Crippen molar-refractivity contribution in [3.8, 4) is 0 Å². The fourth-order valence-electron chi connectivity index (χ4n) is 2.88. The second kappa shape index (κ2) is 6.16. The van der Waals surface area contributed by atoms with E-state index in [4.69, 9.17) is 0 Å². The van der Waals surface area contributed by atoms with Crippen LogP contribution in [0.2, 0.25) is 0 Å². The number of carbonyl (C=O) groups excluding carboxylic acids is 1. The lowest BCUT2D eigenvalue weighted by molar-refractivity contribution is 0.102. The van der Waals surface area contributed by atoms with E-state index in [0.717, 1.165) is 34.1 Å². The van der Waals surface area contributed by atoms with Crippen molar-refractivity contribution in [2.45, 2.75) is 19.8 Å². The van der Waals surface area contributed by atoms with Gasteiger partial charge in [0.05, 0.1) is 15.2 Å². The fraction of sp³-hybridized carbons (Fsp3) is 0.294. The van der Waals surface area contributed by atoms with Crippen LogP contribution in [0.1, 0.15) is 28.3 Å². The topological polar surface area (TPSA) is 71.0 Å². The van der Waals surface area contributed by atoms with Crippen LogP contribution in [0.3, 0.4) is 0 Å². The zero-order valence-electron chi connectivity index (χ0n) is 13.3. The highest BCUT2D eigenvalue weighted by atomic mass is 32.1. The minimum atomic E-state index is -0.262. The Kier molecular flexibility index (Phi) is 3.86. The van der Waals surface area contributed by atoms with E-state index in [1.165, 1.54) is 12.8 Å². The first-order chi connectivity index (χ1) is 11.7. The number of carbonyl (C=O) groups is 1. The molecule has 0 unspecified atom stereocenters. The van der Waals surface area contributed by atoms with E-state index in [-0.39, 0.29) is 5.91 Å². The zero-order valence-corrected chi connectivity index (χ0v) is 14.1. The maximum absolute atomic E-state index is 12.3. The Hall–Kier alpha value is -2.54. The number of amides is 1. The normalized spacial score (nSPS) is 14.3. The molecule has 122 valence electrons. The van der Waals surface area contributed by atoms with Crippen LogP contribution < -0.4 is 10.2 Å². The van der Waals surface area contributed by atoms with E-state index >= 15 is 0 Å². The number of benzene rings is 1. The first kappa shape index (κ1) is 15.0. The van der Waals surface area contributed by atoms with Crippen molar-refractivity contribution in [1.82, 2.24) is 15.2 Å². The second-order valence-corrected chi connectivity index (χ2v) is 7.08. The van der Waals surface area contributed by atoms with Crippen molar-refractivity contribution in [3.63, 3.8) is 0 Å². The summed E-state index contributed by atoms with van der Waals surface area (Å²) in [6, 6.07) is 9.31. The smallest absolute Gasteiger partial charge is 0.276 e. The molecule has 1 aliphatic rings. The maximum Gasteiger partial charge on any atom is 0.276 e. The lowest BCUT2D eigenvalue weighted by atomic mass is 10.2. The summed E-state index contributed by atoms with van der Waals surface area (Å²) >= 11 is 1.64. The molecular weight excluding hydrogens is 322 g/mol. The largest absolute Gasteiger partial charge is 0.355 e. The molecule has 3 heterocycles. The maximum atomic E-state index is 12.3. The van der Waals surface area contributed by atoms with Crippen LogP contribution >= 0.6 is 11.3 Å². The van der Waals surface area contributed by atoms with Gasteiger partial charge in [0, 0.05) is 18.8 Å². The predicted octanol–water partition coefficient (Wildman–Crippen LogP) is 3.25. The van der Waals surface area contributed by atoms with Gasteiger partial charge in [-0.1, -0.05) is 0 Å². The molecule has 1 fully saturated rings. The fourth-order valence-corrected chi connectivity index (χ4v) is 3.68. The van der Waals surface area contributed by atoms with Crippen molar-refractivity contribution in [1.29, 1.82) is 0 Å². The van der Waals surface area contributed by atoms with Crippen molar-refractivity contribution in [3.05, 3.63) is 41.0 Å². The molecule has 0 radical (unpaired) electrons. The van der Waals surface area contributed by atoms with Gasteiger partial charge < -0.3 is 10.2 Å². The second-order valence-electron chi connectivity index (χ2n) is 5.84. The molecule has 1 aromatic carbocycles. The minimum absolute atomic E-state index is 0.262. The number of hydrogen-bond donors (Lipinski definition) is 1. The molecular formula is C17H17N5OS. The first-order valence-electron chi connectivity index (χ1n) is 7.96. The summed E-state index contributed by atoms with van der Waals surface area (Å²) in [7, 11) is 0. The molecule has 0 aliphatic carbocycles. The van der Waals surface area contributed by atoms with Gasteiger partial charge in [0.1, 0.15) is 0 Å². The monoisotopic (exact) mass is 339 g/mol. The van der Waals surface area contributed by atoms with Gasteiger partial charge in [-0.15, -0.1) is 21.5 Å². The summed E-state index contributed by atoms with van der Waals surface area (Å²) in [6.45, 7) is 3.99. The molecule has 7 heteroatoms. The number of hydrogen-bond acceptors (Lipinski definition) is 6. The molecule has 0 atom stereocenters. The van der Waals surface area contributed by atoms with E-state index in [1.54, 1.807) is 17.4 Å². The summed E-state index contributed by atoms with van der Waals surface area (Å²) in [6.07, 6.45) is 2.37. The highest BCUT2D eigenvalue weighted by molar-refractivity contribution is 7.18. The van der Waals surface area contributed by atoms with Gasteiger partial charge in [-0.05, 0) is 50.1 Å². The van der Waals surface area contributed by atoms with Gasteiger partial charge in [-0.3, -0.25) is 4.79 Å². The van der Waals surface area contributed by atoms with Crippen LogP contribution in [-0.4, -0.2) is 34.2 Å². The third kappa shape index (κ3) is 2.94. The minimum Gasteiger partial charge on any atom is -0.355 e. The Morgan fingerprint density at radius 3 is 2.75 bits per heavy atom. The van der Waals surface area contributed by atoms with Crippen LogP contribution in [-0.2, 0) is 0 Å². The number of aryl methyl sites for hydroxylation is 1. The molecule has 1 amide bonds. The van der Waals surface area contributed by atoms with Crippen LogP contribution in [0.5, 0.6) is 0 Å². The Bertz CT molecular complexity index is 884. The van der Waals surface area contributed by atoms with E-state index in [9.17, 15) is 4.79 Å². The number of rotatable bonds is 3. The van der Waals surface area contributed by atoms with Gasteiger partial charge >= 0.3 is 0 Å². The Balaban J connectivity index is 1.50. The summed E-state index contributed by atoms with van der Waals surface area (Å²) in [4.78, 5) is 19.0. The number of fused-ring (bicyclic) bond motifs is 1. The number of nitrogens with zero attached hydrogens (tertiary/aromatic N) is 4. The molecule has 0 saturated carbocycles.